The van der Waals surface area contributed by atoms with E-state index in [2.05, 4.69) is 21.3 Å². The molecular formula is C38H46N4O8. The Labute approximate surface area is 292 Å². The minimum Gasteiger partial charge on any atom is -0.481 e. The van der Waals surface area contributed by atoms with Gasteiger partial charge in [-0.05, 0) is 94.3 Å². The minimum absolute atomic E-state index is 0.111. The molecule has 1 aliphatic carbocycles. The number of anilines is 1. The molecule has 266 valence electrons. The van der Waals surface area contributed by atoms with Gasteiger partial charge in [-0.25, -0.2) is 9.59 Å². The normalized spacial score (nSPS) is 13.6. The minimum atomic E-state index is -1.10. The molecule has 0 spiro atoms. The fourth-order valence-corrected chi connectivity index (χ4v) is 5.77. The van der Waals surface area contributed by atoms with Crippen molar-refractivity contribution in [3.8, 4) is 11.1 Å². The SMILES string of the molecule is CC(NC(=O)CNC(=O)OCC1c2ccccc2-c2ccccc21)C(=O)Nc1ccc(CC(CC(C)(C)C(=O)O)NC(=O)OC(C)(C)C)cc1. The summed E-state index contributed by atoms with van der Waals surface area (Å²) in [5, 5.41) is 20.2. The van der Waals surface area contributed by atoms with E-state index in [-0.39, 0.29) is 25.5 Å². The van der Waals surface area contributed by atoms with Crippen molar-refractivity contribution < 1.29 is 38.6 Å². The maximum atomic E-state index is 12.8. The zero-order valence-electron chi connectivity index (χ0n) is 29.3. The summed E-state index contributed by atoms with van der Waals surface area (Å²) in [6, 6.07) is 21.4. The molecule has 0 radical (unpaired) electrons. The standard InChI is InChI=1S/C38H46N4O8/c1-23(40-32(43)21-39-35(47)49-22-31-29-13-9-7-11-27(29)28-12-8-10-14-30(28)31)33(44)41-25-17-15-24(16-18-25)19-26(20-38(5,6)34(45)46)42-36(48)50-37(2,3)4/h7-18,23,26,31H,19-22H2,1-6H3,(H,39,47)(H,40,43)(H,41,44)(H,42,48)(H,45,46). The van der Waals surface area contributed by atoms with Crippen LogP contribution >= 0.6 is 0 Å². The molecule has 0 aliphatic heterocycles. The van der Waals surface area contributed by atoms with Crippen LogP contribution in [-0.2, 0) is 30.3 Å². The Hall–Kier alpha value is -5.39. The van der Waals surface area contributed by atoms with Crippen LogP contribution in [0, 0.1) is 5.41 Å². The third-order valence-corrected chi connectivity index (χ3v) is 8.27. The van der Waals surface area contributed by atoms with Crippen LogP contribution in [0.25, 0.3) is 11.1 Å². The van der Waals surface area contributed by atoms with Crippen molar-refractivity contribution in [2.45, 2.75) is 78.0 Å². The van der Waals surface area contributed by atoms with Crippen molar-refractivity contribution in [2.75, 3.05) is 18.5 Å². The summed E-state index contributed by atoms with van der Waals surface area (Å²) in [5.41, 5.74) is 3.83. The van der Waals surface area contributed by atoms with Gasteiger partial charge >= 0.3 is 18.2 Å². The van der Waals surface area contributed by atoms with E-state index in [1.165, 1.54) is 6.92 Å². The largest absolute Gasteiger partial charge is 0.481 e. The van der Waals surface area contributed by atoms with E-state index in [4.69, 9.17) is 9.47 Å². The molecule has 0 fully saturated rings. The van der Waals surface area contributed by atoms with Crippen LogP contribution in [0.1, 0.15) is 70.6 Å². The van der Waals surface area contributed by atoms with Crippen LogP contribution in [0.5, 0.6) is 0 Å². The summed E-state index contributed by atoms with van der Waals surface area (Å²) in [6.45, 7) is 9.67. The molecule has 1 aliphatic rings. The second kappa shape index (κ2) is 15.9. The first-order valence-electron chi connectivity index (χ1n) is 16.5. The van der Waals surface area contributed by atoms with Crippen molar-refractivity contribution in [1.82, 2.24) is 16.0 Å². The Balaban J connectivity index is 1.23. The van der Waals surface area contributed by atoms with Crippen LogP contribution < -0.4 is 21.3 Å². The van der Waals surface area contributed by atoms with Gasteiger partial charge in [0, 0.05) is 17.6 Å². The van der Waals surface area contributed by atoms with Crippen molar-refractivity contribution in [1.29, 1.82) is 0 Å². The quantitative estimate of drug-likeness (QED) is 0.155. The van der Waals surface area contributed by atoms with Crippen molar-refractivity contribution in [3.05, 3.63) is 89.5 Å². The molecule has 0 bridgehead atoms. The molecule has 0 aromatic heterocycles. The van der Waals surface area contributed by atoms with Gasteiger partial charge in [0.2, 0.25) is 11.8 Å². The Morgan fingerprint density at radius 3 is 1.94 bits per heavy atom. The Morgan fingerprint density at radius 1 is 0.800 bits per heavy atom. The monoisotopic (exact) mass is 686 g/mol. The summed E-state index contributed by atoms with van der Waals surface area (Å²) in [7, 11) is 0. The van der Waals surface area contributed by atoms with E-state index in [9.17, 15) is 29.1 Å². The van der Waals surface area contributed by atoms with Crippen LogP contribution in [0.15, 0.2) is 72.8 Å². The lowest BCUT2D eigenvalue weighted by molar-refractivity contribution is -0.147. The molecule has 3 aromatic carbocycles. The second-order valence-electron chi connectivity index (χ2n) is 14.1. The number of benzene rings is 3. The van der Waals surface area contributed by atoms with E-state index in [0.717, 1.165) is 27.8 Å². The summed E-state index contributed by atoms with van der Waals surface area (Å²) < 4.78 is 10.8. The highest BCUT2D eigenvalue weighted by Gasteiger charge is 2.33. The van der Waals surface area contributed by atoms with E-state index in [0.29, 0.717) is 12.1 Å². The molecule has 3 aromatic rings. The Bertz CT molecular complexity index is 1670. The number of hydrogen-bond acceptors (Lipinski definition) is 7. The predicted molar refractivity (Wildman–Crippen MR) is 189 cm³/mol. The number of carbonyl (C=O) groups excluding carboxylic acids is 4. The van der Waals surface area contributed by atoms with E-state index >= 15 is 0 Å². The lowest BCUT2D eigenvalue weighted by Crippen LogP contribution is -2.46. The van der Waals surface area contributed by atoms with Crippen molar-refractivity contribution in [3.63, 3.8) is 0 Å². The lowest BCUT2D eigenvalue weighted by Gasteiger charge is -2.28. The van der Waals surface area contributed by atoms with E-state index in [1.807, 2.05) is 48.5 Å². The molecule has 50 heavy (non-hydrogen) atoms. The van der Waals surface area contributed by atoms with Crippen LogP contribution in [0.4, 0.5) is 15.3 Å². The molecule has 0 saturated carbocycles. The van der Waals surface area contributed by atoms with Crippen LogP contribution in [-0.4, -0.2) is 65.9 Å². The predicted octanol–water partition coefficient (Wildman–Crippen LogP) is 5.61. The molecule has 0 saturated heterocycles. The molecule has 5 N–H and O–H groups in total. The van der Waals surface area contributed by atoms with Gasteiger partial charge in [0.1, 0.15) is 24.8 Å². The van der Waals surface area contributed by atoms with Gasteiger partial charge in [-0.2, -0.15) is 0 Å². The number of carboxylic acids is 1. The maximum Gasteiger partial charge on any atom is 0.407 e. The average molecular weight is 687 g/mol. The van der Waals surface area contributed by atoms with Gasteiger partial charge in [-0.3, -0.25) is 14.4 Å². The number of rotatable bonds is 13. The van der Waals surface area contributed by atoms with Gasteiger partial charge in [0.25, 0.3) is 0 Å². The summed E-state index contributed by atoms with van der Waals surface area (Å²) in [6.07, 6.45) is -0.896. The van der Waals surface area contributed by atoms with E-state index < -0.39 is 53.1 Å². The summed E-state index contributed by atoms with van der Waals surface area (Å²) in [4.78, 5) is 62.0. The number of amides is 4. The maximum absolute atomic E-state index is 12.8. The first-order chi connectivity index (χ1) is 23.5. The summed E-state index contributed by atoms with van der Waals surface area (Å²) in [5.74, 6) is -2.14. The molecule has 2 unspecified atom stereocenters. The zero-order valence-corrected chi connectivity index (χ0v) is 29.3. The Morgan fingerprint density at radius 2 is 1.38 bits per heavy atom. The van der Waals surface area contributed by atoms with Gasteiger partial charge in [-0.1, -0.05) is 60.7 Å². The molecule has 12 nitrogen and oxygen atoms in total. The molecular weight excluding hydrogens is 640 g/mol. The molecule has 12 heteroatoms. The van der Waals surface area contributed by atoms with Crippen LogP contribution in [0.3, 0.4) is 0 Å². The second-order valence-corrected chi connectivity index (χ2v) is 14.1. The number of nitrogens with one attached hydrogen (secondary N) is 4. The van der Waals surface area contributed by atoms with Crippen molar-refractivity contribution in [2.24, 2.45) is 5.41 Å². The van der Waals surface area contributed by atoms with E-state index in [1.54, 1.807) is 58.9 Å². The number of carboxylic acid groups (broad SMARTS) is 1. The molecule has 2 atom stereocenters. The number of aliphatic carboxylic acids is 1. The van der Waals surface area contributed by atoms with Crippen LogP contribution in [0.2, 0.25) is 0 Å². The zero-order chi connectivity index (χ0) is 36.6. The third-order valence-electron chi connectivity index (χ3n) is 8.27. The summed E-state index contributed by atoms with van der Waals surface area (Å²) >= 11 is 0. The first-order valence-corrected chi connectivity index (χ1v) is 16.5. The molecule has 0 heterocycles. The third kappa shape index (κ3) is 10.3. The van der Waals surface area contributed by atoms with Gasteiger partial charge in [0.15, 0.2) is 0 Å². The van der Waals surface area contributed by atoms with Gasteiger partial charge < -0.3 is 35.8 Å². The Kier molecular flexibility index (Phi) is 11.9. The number of fused-ring (bicyclic) bond motifs is 3. The highest BCUT2D eigenvalue weighted by atomic mass is 16.6. The first kappa shape index (κ1) is 37.4. The number of hydrogen-bond donors (Lipinski definition) is 5. The lowest BCUT2D eigenvalue weighted by atomic mass is 9.84. The topological polar surface area (TPSA) is 172 Å². The molecule has 4 rings (SSSR count). The highest BCUT2D eigenvalue weighted by molar-refractivity contribution is 5.97. The number of ether oxygens (including phenoxy) is 2. The smallest absolute Gasteiger partial charge is 0.407 e. The average Bonchev–Trinajstić information content (AvgIpc) is 3.36. The fraction of sp³-hybridized carbons (Fsp3) is 0.395. The van der Waals surface area contributed by atoms with Crippen molar-refractivity contribution >= 4 is 35.7 Å². The molecule has 4 amide bonds. The number of carbonyl (C=O) groups is 5. The number of alkyl carbamates (subject to hydrolysis) is 2. The highest BCUT2D eigenvalue weighted by Crippen LogP contribution is 2.44. The van der Waals surface area contributed by atoms with Gasteiger partial charge in [0.05, 0.1) is 5.41 Å². The van der Waals surface area contributed by atoms with Gasteiger partial charge in [-0.15, -0.1) is 0 Å². The fourth-order valence-electron chi connectivity index (χ4n) is 5.77.